The Kier molecular flexibility index (Phi) is 4.79. The summed E-state index contributed by atoms with van der Waals surface area (Å²) in [4.78, 5) is 32.7. The maximum Gasteiger partial charge on any atom is 0.332 e. The summed E-state index contributed by atoms with van der Waals surface area (Å²) in [6, 6.07) is 7.58. The molecule has 1 atom stereocenters. The number of unbranched alkanes of at least 4 members (excludes halogenated alkanes) is 1. The number of hydrogen-bond donors (Lipinski definition) is 0. The predicted molar refractivity (Wildman–Crippen MR) is 112 cm³/mol. The second-order valence-corrected chi connectivity index (χ2v) is 7.98. The summed E-state index contributed by atoms with van der Waals surface area (Å²) in [6.07, 6.45) is 1.70. The summed E-state index contributed by atoms with van der Waals surface area (Å²) in [7, 11) is 1.68. The first-order chi connectivity index (χ1) is 13.4. The van der Waals surface area contributed by atoms with Crippen LogP contribution >= 0.6 is 11.6 Å². The molecular weight excluding hydrogens is 378 g/mol. The van der Waals surface area contributed by atoms with Crippen molar-refractivity contribution in [1.29, 1.82) is 0 Å². The number of aromatic nitrogens is 4. The van der Waals surface area contributed by atoms with Gasteiger partial charge in [-0.1, -0.05) is 31.9 Å². The molecule has 8 heteroatoms. The molecule has 0 spiro atoms. The average molecular weight is 402 g/mol. The van der Waals surface area contributed by atoms with Gasteiger partial charge in [0.1, 0.15) is 0 Å². The van der Waals surface area contributed by atoms with E-state index in [1.54, 1.807) is 7.05 Å². The lowest BCUT2D eigenvalue weighted by atomic mass is 10.1. The number of fused-ring (bicyclic) bond motifs is 3. The molecule has 0 unspecified atom stereocenters. The van der Waals surface area contributed by atoms with Crippen molar-refractivity contribution in [3.63, 3.8) is 0 Å². The smallest absolute Gasteiger partial charge is 0.312 e. The number of halogens is 1. The Bertz CT molecular complexity index is 1140. The third kappa shape index (κ3) is 2.94. The second kappa shape index (κ2) is 7.13. The summed E-state index contributed by atoms with van der Waals surface area (Å²) >= 11 is 6.04. The quantitative estimate of drug-likeness (QED) is 0.673. The second-order valence-electron chi connectivity index (χ2n) is 7.54. The highest BCUT2D eigenvalue weighted by Gasteiger charge is 2.29. The Balaban J connectivity index is 1.96. The van der Waals surface area contributed by atoms with E-state index in [0.717, 1.165) is 25.1 Å². The molecule has 0 bridgehead atoms. The van der Waals surface area contributed by atoms with Gasteiger partial charge in [-0.15, -0.1) is 0 Å². The van der Waals surface area contributed by atoms with Gasteiger partial charge in [-0.05, 0) is 36.6 Å². The summed E-state index contributed by atoms with van der Waals surface area (Å²) in [5.74, 6) is 1.01. The Morgan fingerprint density at radius 3 is 2.57 bits per heavy atom. The number of anilines is 2. The zero-order valence-corrected chi connectivity index (χ0v) is 17.1. The van der Waals surface area contributed by atoms with Crippen molar-refractivity contribution in [3.8, 4) is 0 Å². The maximum atomic E-state index is 13.2. The van der Waals surface area contributed by atoms with Crippen LogP contribution in [0.2, 0.25) is 5.02 Å². The highest BCUT2D eigenvalue weighted by atomic mass is 35.5. The largest absolute Gasteiger partial charge is 0.332 e. The van der Waals surface area contributed by atoms with Crippen LogP contribution in [0.25, 0.3) is 11.2 Å². The van der Waals surface area contributed by atoms with E-state index in [1.165, 1.54) is 9.13 Å². The van der Waals surface area contributed by atoms with Gasteiger partial charge >= 0.3 is 5.69 Å². The highest BCUT2D eigenvalue weighted by molar-refractivity contribution is 6.30. The summed E-state index contributed by atoms with van der Waals surface area (Å²) < 4.78 is 4.79. The molecule has 1 aromatic carbocycles. The average Bonchev–Trinajstić information content (AvgIpc) is 3.06. The van der Waals surface area contributed by atoms with Crippen molar-refractivity contribution in [2.24, 2.45) is 13.0 Å². The van der Waals surface area contributed by atoms with E-state index in [4.69, 9.17) is 16.6 Å². The lowest BCUT2D eigenvalue weighted by Crippen LogP contribution is -2.40. The summed E-state index contributed by atoms with van der Waals surface area (Å²) in [5.41, 5.74) is 1.33. The van der Waals surface area contributed by atoms with Gasteiger partial charge < -0.3 is 9.47 Å². The van der Waals surface area contributed by atoms with Crippen molar-refractivity contribution in [1.82, 2.24) is 18.7 Å². The van der Waals surface area contributed by atoms with E-state index < -0.39 is 0 Å². The molecular formula is C20H24ClN5O2. The fraction of sp³-hybridized carbons (Fsp3) is 0.450. The summed E-state index contributed by atoms with van der Waals surface area (Å²) in [6.45, 7) is 6.09. The molecule has 0 amide bonds. The molecule has 3 heterocycles. The van der Waals surface area contributed by atoms with Gasteiger partial charge in [0.15, 0.2) is 11.2 Å². The van der Waals surface area contributed by atoms with E-state index in [0.29, 0.717) is 41.1 Å². The zero-order valence-electron chi connectivity index (χ0n) is 16.4. The molecule has 0 saturated heterocycles. The number of hydrogen-bond acceptors (Lipinski definition) is 4. The molecule has 7 nitrogen and oxygen atoms in total. The van der Waals surface area contributed by atoms with Crippen LogP contribution in [0.5, 0.6) is 0 Å². The van der Waals surface area contributed by atoms with Gasteiger partial charge in [0.05, 0.1) is 0 Å². The Morgan fingerprint density at radius 1 is 1.18 bits per heavy atom. The van der Waals surface area contributed by atoms with Crippen LogP contribution in [0.15, 0.2) is 33.9 Å². The molecule has 0 radical (unpaired) electrons. The van der Waals surface area contributed by atoms with Crippen LogP contribution in [0.1, 0.15) is 26.7 Å². The normalized spacial score (nSPS) is 16.6. The van der Waals surface area contributed by atoms with Crippen molar-refractivity contribution >= 4 is 34.4 Å². The standard InChI is InChI=1S/C20H24ClN5O2/c1-4-5-10-24-18(27)16-17(23(3)20(24)28)22-19-25(11-13(2)12-26(16)19)15-8-6-14(21)7-9-15/h6-9,13H,4-5,10-12H2,1-3H3/t13-/m0/s1. The molecule has 0 saturated carbocycles. The first-order valence-electron chi connectivity index (χ1n) is 9.65. The molecule has 0 aliphatic carbocycles. The number of aryl methyl sites for hydroxylation is 1. The van der Waals surface area contributed by atoms with E-state index in [-0.39, 0.29) is 11.2 Å². The van der Waals surface area contributed by atoms with Crippen molar-refractivity contribution in [3.05, 3.63) is 50.1 Å². The van der Waals surface area contributed by atoms with Crippen molar-refractivity contribution < 1.29 is 0 Å². The van der Waals surface area contributed by atoms with Gasteiger partial charge in [0.2, 0.25) is 5.95 Å². The topological polar surface area (TPSA) is 65.1 Å². The van der Waals surface area contributed by atoms with E-state index >= 15 is 0 Å². The van der Waals surface area contributed by atoms with Crippen molar-refractivity contribution in [2.45, 2.75) is 39.8 Å². The van der Waals surface area contributed by atoms with Crippen LogP contribution in [0, 0.1) is 5.92 Å². The molecule has 1 aliphatic heterocycles. The molecule has 28 heavy (non-hydrogen) atoms. The molecule has 0 N–H and O–H groups in total. The zero-order chi connectivity index (χ0) is 20.0. The first-order valence-corrected chi connectivity index (χ1v) is 10.0. The predicted octanol–water partition coefficient (Wildman–Crippen LogP) is 3.14. The van der Waals surface area contributed by atoms with Crippen molar-refractivity contribution in [2.75, 3.05) is 11.4 Å². The first kappa shape index (κ1) is 18.8. The lowest BCUT2D eigenvalue weighted by molar-refractivity contribution is 0.457. The Labute approximate surface area is 167 Å². The third-order valence-corrected chi connectivity index (χ3v) is 5.57. The molecule has 148 valence electrons. The van der Waals surface area contributed by atoms with Crippen LogP contribution in [0.4, 0.5) is 11.6 Å². The SMILES string of the molecule is CCCCn1c(=O)c2c(nc3n2C[C@@H](C)CN3c2ccc(Cl)cc2)n(C)c1=O. The summed E-state index contributed by atoms with van der Waals surface area (Å²) in [5, 5.41) is 0.670. The van der Waals surface area contributed by atoms with Crippen LogP contribution in [-0.4, -0.2) is 25.2 Å². The molecule has 2 aromatic heterocycles. The van der Waals surface area contributed by atoms with E-state index in [1.807, 2.05) is 35.8 Å². The molecule has 4 rings (SSSR count). The van der Waals surface area contributed by atoms with Gasteiger partial charge in [-0.2, -0.15) is 4.98 Å². The fourth-order valence-electron chi connectivity index (χ4n) is 3.86. The van der Waals surface area contributed by atoms with Gasteiger partial charge in [-0.3, -0.25) is 13.9 Å². The van der Waals surface area contributed by atoms with E-state index in [2.05, 4.69) is 11.8 Å². The minimum absolute atomic E-state index is 0.254. The van der Waals surface area contributed by atoms with Gasteiger partial charge in [0, 0.05) is 37.4 Å². The van der Waals surface area contributed by atoms with Crippen LogP contribution < -0.4 is 16.1 Å². The Morgan fingerprint density at radius 2 is 1.89 bits per heavy atom. The van der Waals surface area contributed by atoms with Crippen LogP contribution in [-0.2, 0) is 20.1 Å². The number of benzene rings is 1. The minimum Gasteiger partial charge on any atom is -0.312 e. The molecule has 3 aromatic rings. The number of nitrogens with zero attached hydrogens (tertiary/aromatic N) is 5. The monoisotopic (exact) mass is 401 g/mol. The Hall–Kier alpha value is -2.54. The van der Waals surface area contributed by atoms with E-state index in [9.17, 15) is 9.59 Å². The molecule has 0 fully saturated rings. The maximum absolute atomic E-state index is 13.2. The third-order valence-electron chi connectivity index (χ3n) is 5.32. The fourth-order valence-corrected chi connectivity index (χ4v) is 3.98. The van der Waals surface area contributed by atoms with Crippen LogP contribution in [0.3, 0.4) is 0 Å². The van der Waals surface area contributed by atoms with Gasteiger partial charge in [0.25, 0.3) is 5.56 Å². The number of imidazole rings is 1. The lowest BCUT2D eigenvalue weighted by Gasteiger charge is -2.33. The minimum atomic E-state index is -0.313. The van der Waals surface area contributed by atoms with Gasteiger partial charge in [-0.25, -0.2) is 4.79 Å². The molecule has 1 aliphatic rings. The number of rotatable bonds is 4. The highest BCUT2D eigenvalue weighted by Crippen LogP contribution is 2.33.